The molecular weight excluding hydrogens is 354 g/mol. The maximum atomic E-state index is 11.5. The number of nitrogens with two attached hydrogens (primary N) is 2. The lowest BCUT2D eigenvalue weighted by Crippen LogP contribution is -2.36. The summed E-state index contributed by atoms with van der Waals surface area (Å²) in [6.45, 7) is 2.09. The highest BCUT2D eigenvalue weighted by Crippen LogP contribution is 2.30. The highest BCUT2D eigenvalue weighted by atomic mass is 32.2. The third-order valence-electron chi connectivity index (χ3n) is 4.81. The second-order valence-electron chi connectivity index (χ2n) is 6.58. The molecule has 2 heterocycles. The fraction of sp³-hybridized carbons (Fsp3) is 0.412. The average Bonchev–Trinajstić information content (AvgIpc) is 2.60. The molecule has 1 aromatic carbocycles. The lowest BCUT2D eigenvalue weighted by Gasteiger charge is -2.34. The van der Waals surface area contributed by atoms with Gasteiger partial charge < -0.3 is 10.6 Å². The van der Waals surface area contributed by atoms with Crippen molar-refractivity contribution in [3.63, 3.8) is 0 Å². The van der Waals surface area contributed by atoms with Crippen LogP contribution in [0.5, 0.6) is 0 Å². The maximum absolute atomic E-state index is 11.5. The average molecular weight is 377 g/mol. The quantitative estimate of drug-likeness (QED) is 0.683. The van der Waals surface area contributed by atoms with Crippen molar-refractivity contribution >= 4 is 32.7 Å². The SMILES string of the molecule is NC(=O)c1ccc2nccc(N3CCC(CCNS(N)(=O)=O)CC3)c2c1. The van der Waals surface area contributed by atoms with Crippen molar-refractivity contribution in [1.82, 2.24) is 9.71 Å². The van der Waals surface area contributed by atoms with E-state index in [9.17, 15) is 13.2 Å². The molecule has 0 bridgehead atoms. The normalized spacial score (nSPS) is 16.1. The lowest BCUT2D eigenvalue weighted by molar-refractivity contribution is 0.100. The molecule has 0 radical (unpaired) electrons. The zero-order valence-electron chi connectivity index (χ0n) is 14.4. The van der Waals surface area contributed by atoms with Crippen LogP contribution in [-0.4, -0.2) is 38.9 Å². The van der Waals surface area contributed by atoms with Gasteiger partial charge in [0.25, 0.3) is 10.2 Å². The number of amides is 1. The van der Waals surface area contributed by atoms with E-state index in [4.69, 9.17) is 10.9 Å². The Hall–Kier alpha value is -2.23. The molecule has 26 heavy (non-hydrogen) atoms. The minimum atomic E-state index is -3.62. The molecule has 9 heteroatoms. The molecule has 140 valence electrons. The largest absolute Gasteiger partial charge is 0.371 e. The molecule has 0 saturated carbocycles. The first-order valence-corrected chi connectivity index (χ1v) is 10.1. The van der Waals surface area contributed by atoms with E-state index in [-0.39, 0.29) is 0 Å². The summed E-state index contributed by atoms with van der Waals surface area (Å²) in [6.07, 6.45) is 4.47. The molecule has 0 atom stereocenters. The third kappa shape index (κ3) is 4.48. The first-order chi connectivity index (χ1) is 12.3. The Morgan fingerprint density at radius 3 is 2.65 bits per heavy atom. The molecule has 0 unspecified atom stereocenters. The van der Waals surface area contributed by atoms with Crippen molar-refractivity contribution < 1.29 is 13.2 Å². The summed E-state index contributed by atoms with van der Waals surface area (Å²) in [5, 5.41) is 5.86. The number of hydrogen-bond donors (Lipinski definition) is 3. The molecule has 1 aliphatic heterocycles. The number of nitrogens with zero attached hydrogens (tertiary/aromatic N) is 2. The van der Waals surface area contributed by atoms with Gasteiger partial charge in [-0.2, -0.15) is 8.42 Å². The minimum Gasteiger partial charge on any atom is -0.371 e. The van der Waals surface area contributed by atoms with E-state index in [2.05, 4.69) is 14.6 Å². The number of rotatable bonds is 6. The summed E-state index contributed by atoms with van der Waals surface area (Å²) in [5.74, 6) is -0.00227. The van der Waals surface area contributed by atoms with Crippen LogP contribution in [0, 0.1) is 5.92 Å². The van der Waals surface area contributed by atoms with E-state index in [1.165, 1.54) is 0 Å². The molecule has 0 spiro atoms. The summed E-state index contributed by atoms with van der Waals surface area (Å²) < 4.78 is 24.2. The Morgan fingerprint density at radius 1 is 1.27 bits per heavy atom. The lowest BCUT2D eigenvalue weighted by atomic mass is 9.93. The molecule has 8 nitrogen and oxygen atoms in total. The Labute approximate surface area is 152 Å². The summed E-state index contributed by atoms with van der Waals surface area (Å²) >= 11 is 0. The molecule has 1 amide bonds. The standard InChI is InChI=1S/C17H23N5O3S/c18-17(23)13-1-2-15-14(11-13)16(4-7-20-15)22-9-5-12(6-10-22)3-8-21-26(19,24)25/h1-2,4,7,11-12,21H,3,5-6,8-10H2,(H2,18,23)(H2,19,24,25). The van der Waals surface area contributed by atoms with Gasteiger partial charge in [0.05, 0.1) is 5.52 Å². The Kier molecular flexibility index (Phi) is 5.40. The molecule has 1 saturated heterocycles. The predicted octanol–water partition coefficient (Wildman–Crippen LogP) is 0.733. The first kappa shape index (κ1) is 18.6. The number of nitrogens with one attached hydrogen (secondary N) is 1. The van der Waals surface area contributed by atoms with Gasteiger partial charge in [-0.15, -0.1) is 0 Å². The van der Waals surface area contributed by atoms with Crippen LogP contribution in [0.15, 0.2) is 30.5 Å². The number of fused-ring (bicyclic) bond motifs is 1. The van der Waals surface area contributed by atoms with Crippen molar-refractivity contribution in [3.05, 3.63) is 36.0 Å². The third-order valence-corrected chi connectivity index (χ3v) is 5.42. The van der Waals surface area contributed by atoms with Crippen molar-refractivity contribution in [2.45, 2.75) is 19.3 Å². The Morgan fingerprint density at radius 2 is 2.00 bits per heavy atom. The van der Waals surface area contributed by atoms with Gasteiger partial charge in [-0.25, -0.2) is 9.86 Å². The second kappa shape index (κ2) is 7.56. The van der Waals surface area contributed by atoms with E-state index in [1.54, 1.807) is 18.3 Å². The summed E-state index contributed by atoms with van der Waals surface area (Å²) in [6, 6.07) is 7.24. The highest BCUT2D eigenvalue weighted by Gasteiger charge is 2.21. The molecule has 1 aromatic heterocycles. The fourth-order valence-corrected chi connectivity index (χ4v) is 3.83. The van der Waals surface area contributed by atoms with Gasteiger partial charge in [0.2, 0.25) is 5.91 Å². The highest BCUT2D eigenvalue weighted by molar-refractivity contribution is 7.87. The molecule has 0 aliphatic carbocycles. The topological polar surface area (TPSA) is 131 Å². The molecular formula is C17H23N5O3S. The molecule has 3 rings (SSSR count). The minimum absolute atomic E-state index is 0.365. The monoisotopic (exact) mass is 377 g/mol. The van der Waals surface area contributed by atoms with E-state index in [0.717, 1.165) is 48.9 Å². The Balaban J connectivity index is 1.69. The first-order valence-electron chi connectivity index (χ1n) is 8.54. The zero-order valence-corrected chi connectivity index (χ0v) is 15.2. The van der Waals surface area contributed by atoms with E-state index in [1.807, 2.05) is 12.1 Å². The number of pyridine rings is 1. The number of piperidine rings is 1. The predicted molar refractivity (Wildman–Crippen MR) is 101 cm³/mol. The van der Waals surface area contributed by atoms with Gasteiger partial charge in [-0.1, -0.05) is 0 Å². The van der Waals surface area contributed by atoms with E-state index in [0.29, 0.717) is 18.0 Å². The van der Waals surface area contributed by atoms with Crippen LogP contribution in [-0.2, 0) is 10.2 Å². The van der Waals surface area contributed by atoms with Crippen molar-refractivity contribution in [1.29, 1.82) is 0 Å². The van der Waals surface area contributed by atoms with E-state index >= 15 is 0 Å². The van der Waals surface area contributed by atoms with Gasteiger partial charge >= 0.3 is 0 Å². The number of aromatic nitrogens is 1. The van der Waals surface area contributed by atoms with Gasteiger partial charge in [0.15, 0.2) is 0 Å². The number of benzene rings is 1. The van der Waals surface area contributed by atoms with Crippen LogP contribution in [0.1, 0.15) is 29.6 Å². The number of primary amides is 1. The van der Waals surface area contributed by atoms with Crippen LogP contribution in [0.4, 0.5) is 5.69 Å². The van der Waals surface area contributed by atoms with Crippen LogP contribution in [0.3, 0.4) is 0 Å². The fourth-order valence-electron chi connectivity index (χ4n) is 3.43. The summed E-state index contributed by atoms with van der Waals surface area (Å²) in [5.41, 5.74) is 7.73. The van der Waals surface area contributed by atoms with Gasteiger partial charge in [-0.05, 0) is 49.4 Å². The van der Waals surface area contributed by atoms with Crippen molar-refractivity contribution in [2.75, 3.05) is 24.5 Å². The number of anilines is 1. The summed E-state index contributed by atoms with van der Waals surface area (Å²) in [7, 11) is -3.62. The number of hydrogen-bond acceptors (Lipinski definition) is 5. The number of carbonyl (C=O) groups excluding carboxylic acids is 1. The maximum Gasteiger partial charge on any atom is 0.274 e. The molecule has 1 fully saturated rings. The zero-order chi connectivity index (χ0) is 18.7. The molecule has 5 N–H and O–H groups in total. The number of carbonyl (C=O) groups is 1. The summed E-state index contributed by atoms with van der Waals surface area (Å²) in [4.78, 5) is 18.1. The molecule has 2 aromatic rings. The van der Waals surface area contributed by atoms with Crippen LogP contribution < -0.4 is 20.5 Å². The molecule has 1 aliphatic rings. The Bertz CT molecular complexity index is 908. The smallest absolute Gasteiger partial charge is 0.274 e. The second-order valence-corrected chi connectivity index (χ2v) is 7.96. The van der Waals surface area contributed by atoms with Crippen LogP contribution >= 0.6 is 0 Å². The van der Waals surface area contributed by atoms with Gasteiger partial charge in [0.1, 0.15) is 0 Å². The van der Waals surface area contributed by atoms with Crippen molar-refractivity contribution in [3.8, 4) is 0 Å². The van der Waals surface area contributed by atoms with E-state index < -0.39 is 16.1 Å². The van der Waals surface area contributed by atoms with Gasteiger partial charge in [-0.3, -0.25) is 9.78 Å². The van der Waals surface area contributed by atoms with Crippen molar-refractivity contribution in [2.24, 2.45) is 16.8 Å². The van der Waals surface area contributed by atoms with Crippen LogP contribution in [0.2, 0.25) is 0 Å². The van der Waals surface area contributed by atoms with Crippen LogP contribution in [0.25, 0.3) is 10.9 Å². The van der Waals surface area contributed by atoms with Gasteiger partial charge in [0, 0.05) is 42.5 Å².